The van der Waals surface area contributed by atoms with Crippen LogP contribution in [0.5, 0.6) is 5.75 Å². The molecule has 1 atom stereocenters. The molecule has 21 heavy (non-hydrogen) atoms. The van der Waals surface area contributed by atoms with Gasteiger partial charge in [0.25, 0.3) is 0 Å². The standard InChI is InChI=1S/C18H22INO/c1-5-20-18(14-8-6-7-9-16(14)19)15-10-13(3)17(21-4)11-12(15)2/h6-11,18,20H,5H2,1-4H3. The fourth-order valence-electron chi connectivity index (χ4n) is 2.64. The van der Waals surface area contributed by atoms with Crippen molar-refractivity contribution in [2.45, 2.75) is 26.8 Å². The monoisotopic (exact) mass is 395 g/mol. The number of rotatable bonds is 5. The Morgan fingerprint density at radius 2 is 1.81 bits per heavy atom. The minimum atomic E-state index is 0.215. The minimum absolute atomic E-state index is 0.215. The lowest BCUT2D eigenvalue weighted by atomic mass is 9.93. The molecule has 0 spiro atoms. The maximum absolute atomic E-state index is 5.43. The van der Waals surface area contributed by atoms with Crippen LogP contribution in [0.1, 0.15) is 35.2 Å². The molecule has 3 heteroatoms. The molecule has 2 aromatic rings. The summed E-state index contributed by atoms with van der Waals surface area (Å²) in [6.45, 7) is 7.33. The van der Waals surface area contributed by atoms with E-state index in [0.29, 0.717) is 0 Å². The average Bonchev–Trinajstić information content (AvgIpc) is 2.48. The Bertz CT molecular complexity index is 625. The van der Waals surface area contributed by atoms with Gasteiger partial charge in [-0.05, 0) is 77.4 Å². The van der Waals surface area contributed by atoms with Crippen molar-refractivity contribution in [1.29, 1.82) is 0 Å². The topological polar surface area (TPSA) is 21.3 Å². The van der Waals surface area contributed by atoms with Crippen LogP contribution in [0.3, 0.4) is 0 Å². The highest BCUT2D eigenvalue weighted by Crippen LogP contribution is 2.32. The van der Waals surface area contributed by atoms with Gasteiger partial charge in [0.15, 0.2) is 0 Å². The predicted molar refractivity (Wildman–Crippen MR) is 97.1 cm³/mol. The summed E-state index contributed by atoms with van der Waals surface area (Å²) in [6, 6.07) is 13.1. The van der Waals surface area contributed by atoms with E-state index in [1.807, 2.05) is 0 Å². The summed E-state index contributed by atoms with van der Waals surface area (Å²) in [4.78, 5) is 0. The van der Waals surface area contributed by atoms with Gasteiger partial charge in [-0.1, -0.05) is 31.2 Å². The van der Waals surface area contributed by atoms with Gasteiger partial charge in [-0.3, -0.25) is 0 Å². The van der Waals surface area contributed by atoms with Crippen LogP contribution in [-0.4, -0.2) is 13.7 Å². The van der Waals surface area contributed by atoms with Gasteiger partial charge in [0.1, 0.15) is 5.75 Å². The maximum Gasteiger partial charge on any atom is 0.122 e. The maximum atomic E-state index is 5.43. The molecule has 2 rings (SSSR count). The summed E-state index contributed by atoms with van der Waals surface area (Å²) in [5, 5.41) is 3.62. The van der Waals surface area contributed by atoms with Crippen LogP contribution < -0.4 is 10.1 Å². The third-order valence-electron chi connectivity index (χ3n) is 3.72. The van der Waals surface area contributed by atoms with Crippen LogP contribution >= 0.6 is 22.6 Å². The molecule has 0 aliphatic rings. The molecular formula is C18H22INO. The summed E-state index contributed by atoms with van der Waals surface area (Å²) < 4.78 is 6.71. The van der Waals surface area contributed by atoms with Gasteiger partial charge < -0.3 is 10.1 Å². The molecular weight excluding hydrogens is 373 g/mol. The molecule has 0 heterocycles. The van der Waals surface area contributed by atoms with Gasteiger partial charge in [-0.2, -0.15) is 0 Å². The minimum Gasteiger partial charge on any atom is -0.496 e. The molecule has 2 aromatic carbocycles. The van der Waals surface area contributed by atoms with Gasteiger partial charge in [-0.15, -0.1) is 0 Å². The predicted octanol–water partition coefficient (Wildman–Crippen LogP) is 4.62. The number of methoxy groups -OCH3 is 1. The molecule has 0 aliphatic carbocycles. The summed E-state index contributed by atoms with van der Waals surface area (Å²) >= 11 is 2.41. The van der Waals surface area contributed by atoms with Gasteiger partial charge >= 0.3 is 0 Å². The van der Waals surface area contributed by atoms with E-state index in [9.17, 15) is 0 Å². The van der Waals surface area contributed by atoms with Gasteiger partial charge in [0.05, 0.1) is 13.2 Å². The van der Waals surface area contributed by atoms with Crippen molar-refractivity contribution in [2.24, 2.45) is 0 Å². The van der Waals surface area contributed by atoms with Crippen LogP contribution in [-0.2, 0) is 0 Å². The lowest BCUT2D eigenvalue weighted by Gasteiger charge is -2.23. The lowest BCUT2D eigenvalue weighted by Crippen LogP contribution is -2.23. The summed E-state index contributed by atoms with van der Waals surface area (Å²) in [5.41, 5.74) is 5.07. The molecule has 1 unspecified atom stereocenters. The highest BCUT2D eigenvalue weighted by Gasteiger charge is 2.18. The van der Waals surface area contributed by atoms with Crippen LogP contribution in [0.15, 0.2) is 36.4 Å². The summed E-state index contributed by atoms with van der Waals surface area (Å²) in [6.07, 6.45) is 0. The van der Waals surface area contributed by atoms with Crippen LogP contribution in [0.2, 0.25) is 0 Å². The Morgan fingerprint density at radius 1 is 1.10 bits per heavy atom. The lowest BCUT2D eigenvalue weighted by molar-refractivity contribution is 0.411. The van der Waals surface area contributed by atoms with Crippen molar-refractivity contribution < 1.29 is 4.74 Å². The van der Waals surface area contributed by atoms with E-state index in [4.69, 9.17) is 4.74 Å². The first-order chi connectivity index (χ1) is 10.1. The van der Waals surface area contributed by atoms with Crippen LogP contribution in [0.25, 0.3) is 0 Å². The second-order valence-corrected chi connectivity index (χ2v) is 6.35. The van der Waals surface area contributed by atoms with Crippen LogP contribution in [0.4, 0.5) is 0 Å². The highest BCUT2D eigenvalue weighted by molar-refractivity contribution is 14.1. The van der Waals surface area contributed by atoms with E-state index >= 15 is 0 Å². The third kappa shape index (κ3) is 3.58. The van der Waals surface area contributed by atoms with E-state index in [1.54, 1.807) is 7.11 Å². The summed E-state index contributed by atoms with van der Waals surface area (Å²) in [5.74, 6) is 0.953. The number of benzene rings is 2. The second kappa shape index (κ2) is 7.27. The Morgan fingerprint density at radius 3 is 2.43 bits per heavy atom. The van der Waals surface area contributed by atoms with E-state index in [2.05, 4.69) is 85.1 Å². The van der Waals surface area contributed by atoms with Crippen molar-refractivity contribution in [3.63, 3.8) is 0 Å². The number of halogens is 1. The number of hydrogen-bond donors (Lipinski definition) is 1. The number of ether oxygens (including phenoxy) is 1. The zero-order chi connectivity index (χ0) is 15.4. The Balaban J connectivity index is 2.53. The first-order valence-corrected chi connectivity index (χ1v) is 8.29. The Labute approximate surface area is 141 Å². The zero-order valence-electron chi connectivity index (χ0n) is 13.0. The molecule has 1 N–H and O–H groups in total. The van der Waals surface area contributed by atoms with Gasteiger partial charge in [0, 0.05) is 3.57 Å². The third-order valence-corrected chi connectivity index (χ3v) is 4.70. The molecule has 0 bridgehead atoms. The molecule has 0 saturated heterocycles. The van der Waals surface area contributed by atoms with Crippen molar-refractivity contribution >= 4 is 22.6 Å². The fourth-order valence-corrected chi connectivity index (χ4v) is 3.34. The molecule has 112 valence electrons. The molecule has 0 aliphatic heterocycles. The first-order valence-electron chi connectivity index (χ1n) is 7.21. The average molecular weight is 395 g/mol. The highest BCUT2D eigenvalue weighted by atomic mass is 127. The van der Waals surface area contributed by atoms with E-state index in [0.717, 1.165) is 12.3 Å². The van der Waals surface area contributed by atoms with Crippen molar-refractivity contribution in [2.75, 3.05) is 13.7 Å². The number of hydrogen-bond acceptors (Lipinski definition) is 2. The van der Waals surface area contributed by atoms with Crippen molar-refractivity contribution in [3.05, 3.63) is 62.2 Å². The van der Waals surface area contributed by atoms with Crippen molar-refractivity contribution in [1.82, 2.24) is 5.32 Å². The van der Waals surface area contributed by atoms with Crippen LogP contribution in [0, 0.1) is 17.4 Å². The zero-order valence-corrected chi connectivity index (χ0v) is 15.2. The second-order valence-electron chi connectivity index (χ2n) is 5.19. The Kier molecular flexibility index (Phi) is 5.65. The van der Waals surface area contributed by atoms with Gasteiger partial charge in [0.2, 0.25) is 0 Å². The van der Waals surface area contributed by atoms with E-state index in [-0.39, 0.29) is 6.04 Å². The molecule has 0 fully saturated rings. The largest absolute Gasteiger partial charge is 0.496 e. The number of nitrogens with one attached hydrogen (secondary N) is 1. The summed E-state index contributed by atoms with van der Waals surface area (Å²) in [7, 11) is 1.73. The fraction of sp³-hybridized carbons (Fsp3) is 0.333. The molecule has 2 nitrogen and oxygen atoms in total. The molecule has 0 aromatic heterocycles. The smallest absolute Gasteiger partial charge is 0.122 e. The first kappa shape index (κ1) is 16.3. The molecule has 0 amide bonds. The Hall–Kier alpha value is -1.07. The van der Waals surface area contributed by atoms with E-state index in [1.165, 1.54) is 25.8 Å². The quantitative estimate of drug-likeness (QED) is 0.747. The number of aryl methyl sites for hydroxylation is 2. The molecule has 0 saturated carbocycles. The SMILES string of the molecule is CCNC(c1cc(C)c(OC)cc1C)c1ccccc1I. The van der Waals surface area contributed by atoms with Crippen molar-refractivity contribution in [3.8, 4) is 5.75 Å². The van der Waals surface area contributed by atoms with E-state index < -0.39 is 0 Å². The normalized spacial score (nSPS) is 12.2. The van der Waals surface area contributed by atoms with Gasteiger partial charge in [-0.25, -0.2) is 0 Å². The molecule has 0 radical (unpaired) electrons.